The molecule has 2 aliphatic heterocycles. The maximum absolute atomic E-state index is 14.5. The van der Waals surface area contributed by atoms with Crippen molar-refractivity contribution in [2.45, 2.75) is 87.9 Å². The second-order valence-electron chi connectivity index (χ2n) is 11.2. The first kappa shape index (κ1) is 31.8. The van der Waals surface area contributed by atoms with Crippen LogP contribution in [0.4, 0.5) is 0 Å². The first-order valence-corrected chi connectivity index (χ1v) is 15.5. The first-order valence-electron chi connectivity index (χ1n) is 14.3. The van der Waals surface area contributed by atoms with Crippen LogP contribution in [0.15, 0.2) is 30.5 Å². The van der Waals surface area contributed by atoms with Crippen molar-refractivity contribution in [3.05, 3.63) is 36.2 Å². The van der Waals surface area contributed by atoms with Gasteiger partial charge in [0.2, 0.25) is 5.78 Å². The molecule has 13 heteroatoms. The summed E-state index contributed by atoms with van der Waals surface area (Å²) >= 11 is 1.11. The fourth-order valence-electron chi connectivity index (χ4n) is 6.11. The van der Waals surface area contributed by atoms with Crippen LogP contribution < -0.4 is 10.1 Å². The molecule has 0 saturated carbocycles. The van der Waals surface area contributed by atoms with Gasteiger partial charge in [0.1, 0.15) is 28.4 Å². The van der Waals surface area contributed by atoms with E-state index in [1.165, 1.54) is 13.1 Å². The maximum atomic E-state index is 14.5. The molecule has 4 N–H and O–H groups in total. The van der Waals surface area contributed by atoms with Crippen LogP contribution in [0.3, 0.4) is 0 Å². The summed E-state index contributed by atoms with van der Waals surface area (Å²) in [6.07, 6.45) is -2.67. The first-order chi connectivity index (χ1) is 20.5. The van der Waals surface area contributed by atoms with E-state index in [9.17, 15) is 19.8 Å². The largest absolute Gasteiger partial charge is 0.427 e. The molecule has 2 saturated heterocycles. The minimum atomic E-state index is -1.58. The quantitative estimate of drug-likeness (QED) is 0.158. The van der Waals surface area contributed by atoms with Crippen molar-refractivity contribution in [3.8, 4) is 5.75 Å². The van der Waals surface area contributed by atoms with Gasteiger partial charge in [0.05, 0.1) is 30.4 Å². The number of methoxy groups -OCH3 is 1. The lowest BCUT2D eigenvalue weighted by Gasteiger charge is -2.49. The molecule has 0 radical (unpaired) electrons. The Morgan fingerprint density at radius 1 is 1.23 bits per heavy atom. The third-order valence-corrected chi connectivity index (χ3v) is 9.57. The highest BCUT2D eigenvalue weighted by Gasteiger charge is 2.60. The molecule has 0 aliphatic carbocycles. The molecule has 234 valence electrons. The molecule has 4 heterocycles. The van der Waals surface area contributed by atoms with Gasteiger partial charge in [0, 0.05) is 49.0 Å². The van der Waals surface area contributed by atoms with Crippen LogP contribution in [0.1, 0.15) is 44.6 Å². The number of fused-ring (bicyclic) bond motifs is 3. The monoisotopic (exact) mass is 617 g/mol. The number of hydrogen-bond donors (Lipinski definition) is 4. The minimum absolute atomic E-state index is 0.0535. The number of H-pyrrole nitrogens is 1. The summed E-state index contributed by atoms with van der Waals surface area (Å²) in [5.74, 6) is -0.559. The van der Waals surface area contributed by atoms with Crippen molar-refractivity contribution in [1.82, 2.24) is 15.3 Å². The number of ether oxygens (including phenoxy) is 5. The number of rotatable bonds is 9. The molecule has 2 aromatic heterocycles. The lowest BCUT2D eigenvalue weighted by molar-refractivity contribution is -0.310. The van der Waals surface area contributed by atoms with Crippen molar-refractivity contribution in [2.75, 3.05) is 20.0 Å². The van der Waals surface area contributed by atoms with Crippen molar-refractivity contribution in [1.29, 1.82) is 0 Å². The number of esters is 1. The van der Waals surface area contributed by atoms with E-state index in [0.29, 0.717) is 35.2 Å². The Morgan fingerprint density at radius 3 is 2.67 bits per heavy atom. The zero-order valence-electron chi connectivity index (χ0n) is 25.0. The number of aromatic nitrogens is 2. The fourth-order valence-corrected chi connectivity index (χ4v) is 7.16. The van der Waals surface area contributed by atoms with Gasteiger partial charge in [-0.1, -0.05) is 13.8 Å². The zero-order valence-corrected chi connectivity index (χ0v) is 25.8. The van der Waals surface area contributed by atoms with E-state index in [1.54, 1.807) is 44.6 Å². The number of carbonyl (C=O) groups is 2. The highest BCUT2D eigenvalue weighted by atomic mass is 32.2. The molecule has 0 bridgehead atoms. The second kappa shape index (κ2) is 12.8. The van der Waals surface area contributed by atoms with Crippen molar-refractivity contribution < 1.29 is 43.5 Å². The molecule has 2 aliphatic rings. The number of ketones is 1. The standard InChI is InChI=1S/C30H39N3O9S/c1-14(2)32-21-13-39-23(12-22(21)38-5)42-26-28(36)30(43-6,15(3)40-29(26)37)27(35)25-24-18(9-10-31-25)19-11-17(41-16(4)34)7-8-20(19)33-24/h7-11,14-15,21-23,26,28-29,32-33,36-37H,12-13H2,1-6H3. The van der Waals surface area contributed by atoms with Gasteiger partial charge in [-0.25, -0.2) is 0 Å². The number of nitrogens with one attached hydrogen (secondary N) is 2. The van der Waals surface area contributed by atoms with Crippen LogP contribution in [0.25, 0.3) is 21.8 Å². The Kier molecular flexibility index (Phi) is 9.45. The summed E-state index contributed by atoms with van der Waals surface area (Å²) in [5, 5.41) is 27.5. The number of Topliss-reactive ketones (excluding diaryl/α,β-unsaturated/α-hetero) is 1. The van der Waals surface area contributed by atoms with Crippen LogP contribution in [-0.4, -0.2) is 106 Å². The molecule has 3 aromatic rings. The van der Waals surface area contributed by atoms with E-state index in [-0.39, 0.29) is 23.9 Å². The molecule has 43 heavy (non-hydrogen) atoms. The van der Waals surface area contributed by atoms with Gasteiger partial charge in [0.25, 0.3) is 0 Å². The van der Waals surface area contributed by atoms with Crippen molar-refractivity contribution in [2.24, 2.45) is 0 Å². The molecule has 0 spiro atoms. The minimum Gasteiger partial charge on any atom is -0.427 e. The zero-order chi connectivity index (χ0) is 31.1. The number of pyridine rings is 1. The number of aliphatic hydroxyl groups is 2. The van der Waals surface area contributed by atoms with Gasteiger partial charge in [-0.3, -0.25) is 14.6 Å². The second-order valence-corrected chi connectivity index (χ2v) is 12.3. The maximum Gasteiger partial charge on any atom is 0.308 e. The van der Waals surface area contributed by atoms with Gasteiger partial charge in [-0.2, -0.15) is 0 Å². The SMILES string of the molecule is COC1CC(OC2C(O)OC(C)C(SC)(C(=O)c3nccc4c3[nH]c3ccc(OC(C)=O)cc34)C2O)OCC1NC(C)C. The number of benzene rings is 1. The van der Waals surface area contributed by atoms with E-state index >= 15 is 0 Å². The average Bonchev–Trinajstić information content (AvgIpc) is 3.33. The predicted molar refractivity (Wildman–Crippen MR) is 160 cm³/mol. The number of aliphatic hydroxyl groups excluding tert-OH is 2. The predicted octanol–water partition coefficient (Wildman–Crippen LogP) is 2.54. The van der Waals surface area contributed by atoms with Gasteiger partial charge in [0.15, 0.2) is 12.6 Å². The topological polar surface area (TPSA) is 161 Å². The van der Waals surface area contributed by atoms with Gasteiger partial charge in [-0.05, 0) is 37.4 Å². The molecule has 5 rings (SSSR count). The fraction of sp³-hybridized carbons (Fsp3) is 0.567. The Bertz CT molecular complexity index is 1480. The highest BCUT2D eigenvalue weighted by Crippen LogP contribution is 2.44. The molecule has 12 nitrogen and oxygen atoms in total. The summed E-state index contributed by atoms with van der Waals surface area (Å²) in [5.41, 5.74) is 1.27. The summed E-state index contributed by atoms with van der Waals surface area (Å²) in [4.78, 5) is 33.6. The van der Waals surface area contributed by atoms with Gasteiger partial charge >= 0.3 is 5.97 Å². The number of thioether (sulfide) groups is 1. The number of nitrogens with zero attached hydrogens (tertiary/aromatic N) is 1. The Morgan fingerprint density at radius 2 is 2.00 bits per heavy atom. The van der Waals surface area contributed by atoms with Crippen molar-refractivity contribution in [3.63, 3.8) is 0 Å². The summed E-state index contributed by atoms with van der Waals surface area (Å²) in [7, 11) is 1.61. The Balaban J connectivity index is 1.46. The molecule has 8 atom stereocenters. The smallest absolute Gasteiger partial charge is 0.308 e. The number of aromatic amines is 1. The highest BCUT2D eigenvalue weighted by molar-refractivity contribution is 8.00. The van der Waals surface area contributed by atoms with Crippen LogP contribution >= 0.6 is 11.8 Å². The summed E-state index contributed by atoms with van der Waals surface area (Å²) in [6, 6.07) is 7.06. The van der Waals surface area contributed by atoms with Crippen LogP contribution in [0, 0.1) is 0 Å². The van der Waals surface area contributed by atoms with Gasteiger partial charge in [-0.15, -0.1) is 11.8 Å². The normalized spacial score (nSPS) is 31.5. The van der Waals surface area contributed by atoms with Crippen molar-refractivity contribution >= 4 is 45.3 Å². The molecule has 8 unspecified atom stereocenters. The lowest BCUT2D eigenvalue weighted by Crippen LogP contribution is -2.68. The van der Waals surface area contributed by atoms with Crippen LogP contribution in [-0.2, 0) is 23.7 Å². The van der Waals surface area contributed by atoms with Crippen LogP contribution in [0.2, 0.25) is 0 Å². The Hall–Kier alpha value is -2.62. The summed E-state index contributed by atoms with van der Waals surface area (Å²) < 4.78 is 27.3. The number of carbonyl (C=O) groups excluding carboxylic acids is 2. The third kappa shape index (κ3) is 5.92. The Labute approximate surface area is 253 Å². The molecular formula is C30H39N3O9S. The van der Waals surface area contributed by atoms with E-state index in [4.69, 9.17) is 23.7 Å². The van der Waals surface area contributed by atoms with E-state index < -0.39 is 47.4 Å². The van der Waals surface area contributed by atoms with E-state index in [1.807, 2.05) is 13.8 Å². The molecular weight excluding hydrogens is 578 g/mol. The van der Waals surface area contributed by atoms with E-state index in [0.717, 1.165) is 17.1 Å². The number of hydrogen-bond acceptors (Lipinski definition) is 12. The molecule has 2 fully saturated rings. The summed E-state index contributed by atoms with van der Waals surface area (Å²) in [6.45, 7) is 7.33. The third-order valence-electron chi connectivity index (χ3n) is 8.13. The van der Waals surface area contributed by atoms with Gasteiger partial charge < -0.3 is 44.2 Å². The molecule has 1 aromatic carbocycles. The van der Waals surface area contributed by atoms with E-state index in [2.05, 4.69) is 15.3 Å². The molecule has 0 amide bonds. The lowest BCUT2D eigenvalue weighted by atomic mass is 9.83. The average molecular weight is 618 g/mol. The van der Waals surface area contributed by atoms with Crippen LogP contribution in [0.5, 0.6) is 5.75 Å².